The van der Waals surface area contributed by atoms with Gasteiger partial charge in [0.15, 0.2) is 23.1 Å². The van der Waals surface area contributed by atoms with Gasteiger partial charge in [0.05, 0.1) is 13.7 Å². The van der Waals surface area contributed by atoms with Crippen molar-refractivity contribution in [2.75, 3.05) is 13.7 Å². The molecule has 0 bridgehead atoms. The number of halogens is 4. The predicted octanol–water partition coefficient (Wildman–Crippen LogP) is 7.83. The van der Waals surface area contributed by atoms with Gasteiger partial charge in [-0.2, -0.15) is 8.78 Å². The van der Waals surface area contributed by atoms with Crippen molar-refractivity contribution in [3.05, 3.63) is 82.9 Å². The van der Waals surface area contributed by atoms with Crippen LogP contribution in [0.5, 0.6) is 11.5 Å². The van der Waals surface area contributed by atoms with Gasteiger partial charge in [-0.15, -0.1) is 0 Å². The molecule has 2 nitrogen and oxygen atoms in total. The average Bonchev–Trinajstić information content (AvgIpc) is 2.87. The molecule has 0 saturated heterocycles. The highest BCUT2D eigenvalue weighted by atomic mass is 19.2. The van der Waals surface area contributed by atoms with Crippen molar-refractivity contribution < 1.29 is 27.0 Å². The highest BCUT2D eigenvalue weighted by Gasteiger charge is 2.27. The average molecular weight is 473 g/mol. The number of hydrogen-bond acceptors (Lipinski definition) is 2. The van der Waals surface area contributed by atoms with Crippen LogP contribution in [0.25, 0.3) is 11.1 Å². The summed E-state index contributed by atoms with van der Waals surface area (Å²) in [5, 5.41) is 0. The van der Waals surface area contributed by atoms with Crippen molar-refractivity contribution in [3.63, 3.8) is 0 Å². The van der Waals surface area contributed by atoms with Crippen LogP contribution in [-0.4, -0.2) is 13.7 Å². The Morgan fingerprint density at radius 1 is 0.735 bits per heavy atom. The van der Waals surface area contributed by atoms with Crippen molar-refractivity contribution in [3.8, 4) is 22.6 Å². The Balaban J connectivity index is 1.36. The van der Waals surface area contributed by atoms with Gasteiger partial charge in [-0.1, -0.05) is 37.3 Å². The minimum absolute atomic E-state index is 0.0933. The molecule has 0 spiro atoms. The molecule has 6 heteroatoms. The lowest BCUT2D eigenvalue weighted by atomic mass is 9.79. The fourth-order valence-corrected chi connectivity index (χ4v) is 4.65. The summed E-state index contributed by atoms with van der Waals surface area (Å²) in [5.41, 5.74) is 2.29. The van der Waals surface area contributed by atoms with E-state index in [9.17, 15) is 17.6 Å². The standard InChI is InChI=1S/C28H28F4O2/c1-3-17-4-8-19(9-5-17)22-13-15-24(28(32)26(22)30)34-16-18-6-10-20(11-7-18)21-12-14-23(33-2)27(31)25(21)29/h4-5,8-9,12-15,18,20H,3,6-7,10-11,16H2,1-2H3. The zero-order valence-electron chi connectivity index (χ0n) is 19.3. The van der Waals surface area contributed by atoms with E-state index in [2.05, 4.69) is 0 Å². The first-order valence-corrected chi connectivity index (χ1v) is 11.6. The molecular formula is C28H28F4O2. The second-order valence-corrected chi connectivity index (χ2v) is 8.80. The molecule has 34 heavy (non-hydrogen) atoms. The third-order valence-corrected chi connectivity index (χ3v) is 6.78. The largest absolute Gasteiger partial charge is 0.494 e. The predicted molar refractivity (Wildman–Crippen MR) is 124 cm³/mol. The van der Waals surface area contributed by atoms with Gasteiger partial charge in [0.25, 0.3) is 0 Å². The van der Waals surface area contributed by atoms with Crippen LogP contribution in [0.1, 0.15) is 49.7 Å². The van der Waals surface area contributed by atoms with Crippen molar-refractivity contribution in [2.24, 2.45) is 5.92 Å². The lowest BCUT2D eigenvalue weighted by Gasteiger charge is -2.29. The summed E-state index contributed by atoms with van der Waals surface area (Å²) < 4.78 is 68.4. The Morgan fingerprint density at radius 2 is 1.38 bits per heavy atom. The zero-order valence-corrected chi connectivity index (χ0v) is 19.3. The maximum atomic E-state index is 14.7. The summed E-state index contributed by atoms with van der Waals surface area (Å²) in [5.74, 6) is -3.94. The number of hydrogen-bond donors (Lipinski definition) is 0. The van der Waals surface area contributed by atoms with Gasteiger partial charge in [0.1, 0.15) is 0 Å². The number of aryl methyl sites for hydroxylation is 1. The van der Waals surface area contributed by atoms with E-state index in [1.54, 1.807) is 18.2 Å². The van der Waals surface area contributed by atoms with E-state index < -0.39 is 23.3 Å². The third kappa shape index (κ3) is 4.91. The number of benzene rings is 3. The summed E-state index contributed by atoms with van der Waals surface area (Å²) in [6.45, 7) is 2.28. The summed E-state index contributed by atoms with van der Waals surface area (Å²) in [7, 11) is 1.30. The highest BCUT2D eigenvalue weighted by molar-refractivity contribution is 5.65. The van der Waals surface area contributed by atoms with Gasteiger partial charge >= 0.3 is 0 Å². The van der Waals surface area contributed by atoms with Crippen LogP contribution in [0.4, 0.5) is 17.6 Å². The molecule has 0 N–H and O–H groups in total. The van der Waals surface area contributed by atoms with Gasteiger partial charge in [0.2, 0.25) is 11.6 Å². The second kappa shape index (κ2) is 10.5. The molecule has 0 amide bonds. The van der Waals surface area contributed by atoms with Crippen LogP contribution in [0, 0.1) is 29.2 Å². The van der Waals surface area contributed by atoms with Crippen molar-refractivity contribution in [2.45, 2.75) is 44.9 Å². The van der Waals surface area contributed by atoms with Crippen molar-refractivity contribution in [1.82, 2.24) is 0 Å². The molecule has 4 rings (SSSR count). The topological polar surface area (TPSA) is 18.5 Å². The number of rotatable bonds is 7. The van der Waals surface area contributed by atoms with E-state index in [0.29, 0.717) is 24.0 Å². The van der Waals surface area contributed by atoms with Crippen LogP contribution >= 0.6 is 0 Å². The van der Waals surface area contributed by atoms with Gasteiger partial charge in [-0.05, 0) is 78.8 Å². The summed E-state index contributed by atoms with van der Waals surface area (Å²) in [6.07, 6.45) is 3.66. The Kier molecular flexibility index (Phi) is 7.44. The lowest BCUT2D eigenvalue weighted by molar-refractivity contribution is 0.191. The monoisotopic (exact) mass is 472 g/mol. The minimum atomic E-state index is -0.999. The Morgan fingerprint density at radius 3 is 2.03 bits per heavy atom. The highest BCUT2D eigenvalue weighted by Crippen LogP contribution is 2.39. The number of methoxy groups -OCH3 is 1. The Hall–Kier alpha value is -3.02. The van der Waals surface area contributed by atoms with Gasteiger partial charge in [-0.3, -0.25) is 0 Å². The molecule has 1 aliphatic carbocycles. The number of ether oxygens (including phenoxy) is 2. The maximum absolute atomic E-state index is 14.7. The fourth-order valence-electron chi connectivity index (χ4n) is 4.65. The van der Waals surface area contributed by atoms with Crippen LogP contribution in [-0.2, 0) is 6.42 Å². The molecule has 180 valence electrons. The van der Waals surface area contributed by atoms with Gasteiger partial charge < -0.3 is 9.47 Å². The SMILES string of the molecule is CCc1ccc(-c2ccc(OCC3CCC(c4ccc(OC)c(F)c4F)CC3)c(F)c2F)cc1. The minimum Gasteiger partial charge on any atom is -0.494 e. The van der Waals surface area contributed by atoms with Crippen LogP contribution in [0.2, 0.25) is 0 Å². The van der Waals surface area contributed by atoms with Crippen LogP contribution in [0.3, 0.4) is 0 Å². The van der Waals surface area contributed by atoms with E-state index in [0.717, 1.165) is 24.8 Å². The third-order valence-electron chi connectivity index (χ3n) is 6.78. The molecule has 0 aromatic heterocycles. The summed E-state index contributed by atoms with van der Waals surface area (Å²) >= 11 is 0. The molecule has 0 atom stereocenters. The summed E-state index contributed by atoms with van der Waals surface area (Å²) in [6, 6.07) is 13.4. The first-order chi connectivity index (χ1) is 16.4. The first kappa shape index (κ1) is 24.1. The molecule has 0 aliphatic heterocycles. The molecule has 1 saturated carbocycles. The molecule has 3 aromatic carbocycles. The second-order valence-electron chi connectivity index (χ2n) is 8.80. The summed E-state index contributed by atoms with van der Waals surface area (Å²) in [4.78, 5) is 0. The Labute approximate surface area is 197 Å². The molecule has 1 aliphatic rings. The Bertz CT molecular complexity index is 1140. The van der Waals surface area contributed by atoms with Gasteiger partial charge in [-0.25, -0.2) is 8.78 Å². The van der Waals surface area contributed by atoms with E-state index >= 15 is 0 Å². The molecule has 0 unspecified atom stereocenters. The molecule has 0 radical (unpaired) electrons. The quantitative estimate of drug-likeness (QED) is 0.326. The maximum Gasteiger partial charge on any atom is 0.201 e. The smallest absolute Gasteiger partial charge is 0.201 e. The van der Waals surface area contributed by atoms with E-state index in [1.165, 1.54) is 25.3 Å². The van der Waals surface area contributed by atoms with Crippen molar-refractivity contribution >= 4 is 0 Å². The lowest BCUT2D eigenvalue weighted by Crippen LogP contribution is -2.20. The van der Waals surface area contributed by atoms with E-state index in [4.69, 9.17) is 9.47 Å². The molecule has 1 fully saturated rings. The molecular weight excluding hydrogens is 444 g/mol. The molecule has 0 heterocycles. The zero-order chi connectivity index (χ0) is 24.2. The van der Waals surface area contributed by atoms with E-state index in [1.807, 2.05) is 19.1 Å². The van der Waals surface area contributed by atoms with E-state index in [-0.39, 0.29) is 35.5 Å². The fraction of sp³-hybridized carbons (Fsp3) is 0.357. The first-order valence-electron chi connectivity index (χ1n) is 11.6. The normalized spacial score (nSPS) is 18.1. The molecule has 3 aromatic rings. The van der Waals surface area contributed by atoms with Gasteiger partial charge in [0, 0.05) is 5.56 Å². The van der Waals surface area contributed by atoms with Crippen molar-refractivity contribution in [1.29, 1.82) is 0 Å². The van der Waals surface area contributed by atoms with Crippen LogP contribution in [0.15, 0.2) is 48.5 Å². The van der Waals surface area contributed by atoms with Crippen LogP contribution < -0.4 is 9.47 Å².